The van der Waals surface area contributed by atoms with Gasteiger partial charge in [-0.1, -0.05) is 34.5 Å². The number of aryl methyl sites for hydroxylation is 1. The Bertz CT molecular complexity index is 936. The van der Waals surface area contributed by atoms with Crippen molar-refractivity contribution in [3.05, 3.63) is 70.6 Å². The molecule has 2 aromatic carbocycles. The molecule has 0 aliphatic carbocycles. The van der Waals surface area contributed by atoms with E-state index in [4.69, 9.17) is 16.1 Å². The number of nitrogens with one attached hydrogen (secondary N) is 2. The van der Waals surface area contributed by atoms with Crippen molar-refractivity contribution in [1.29, 1.82) is 0 Å². The number of carbonyl (C=O) groups excluding carboxylic acids is 2. The van der Waals surface area contributed by atoms with Crippen molar-refractivity contribution in [1.82, 2.24) is 20.8 Å². The smallest absolute Gasteiger partial charge is 0.316 e. The molecule has 1 heterocycles. The zero-order valence-electron chi connectivity index (χ0n) is 14.5. The molecule has 0 saturated carbocycles. The van der Waals surface area contributed by atoms with Crippen LogP contribution in [0.2, 0.25) is 5.02 Å². The molecule has 138 valence electrons. The van der Waals surface area contributed by atoms with E-state index in [-0.39, 0.29) is 24.9 Å². The highest BCUT2D eigenvalue weighted by atomic mass is 35.5. The van der Waals surface area contributed by atoms with Gasteiger partial charge in [0.25, 0.3) is 5.91 Å². The van der Waals surface area contributed by atoms with Crippen molar-refractivity contribution in [3.63, 3.8) is 0 Å². The number of carbonyl (C=O) groups is 2. The van der Waals surface area contributed by atoms with E-state index in [1.807, 2.05) is 19.1 Å². The van der Waals surface area contributed by atoms with E-state index in [2.05, 4.69) is 20.8 Å². The zero-order valence-corrected chi connectivity index (χ0v) is 15.3. The molecule has 3 aromatic rings. The molecular formula is C19H17ClN4O3. The van der Waals surface area contributed by atoms with Gasteiger partial charge in [-0.15, -0.1) is 0 Å². The second kappa shape index (κ2) is 8.46. The van der Waals surface area contributed by atoms with Crippen LogP contribution in [0, 0.1) is 6.92 Å². The van der Waals surface area contributed by atoms with Gasteiger partial charge in [-0.05, 0) is 43.3 Å². The van der Waals surface area contributed by atoms with Crippen molar-refractivity contribution >= 4 is 23.4 Å². The van der Waals surface area contributed by atoms with Crippen LogP contribution in [0.5, 0.6) is 0 Å². The van der Waals surface area contributed by atoms with Gasteiger partial charge in [0, 0.05) is 29.2 Å². The highest BCUT2D eigenvalue weighted by molar-refractivity contribution is 6.30. The first kappa shape index (κ1) is 18.6. The van der Waals surface area contributed by atoms with Crippen molar-refractivity contribution in [3.8, 4) is 11.4 Å². The van der Waals surface area contributed by atoms with Gasteiger partial charge in [-0.2, -0.15) is 4.98 Å². The third-order valence-corrected chi connectivity index (χ3v) is 3.98. The maximum Gasteiger partial charge on any atom is 0.316 e. The van der Waals surface area contributed by atoms with Crippen LogP contribution < -0.4 is 10.6 Å². The standard InChI is InChI=1S/C19H17ClN4O3/c1-12-2-4-14(5-3-12)17(25)21-10-11-22-18(26)19-23-16(24-27-19)13-6-8-15(20)9-7-13/h2-9H,10-11H2,1H3,(H,21,25)(H,22,26). The fourth-order valence-electron chi connectivity index (χ4n) is 2.27. The SMILES string of the molecule is Cc1ccc(C(=O)NCCNC(=O)c2nc(-c3ccc(Cl)cc3)no2)cc1. The molecule has 7 nitrogen and oxygen atoms in total. The lowest BCUT2D eigenvalue weighted by molar-refractivity contribution is 0.0898. The maximum atomic E-state index is 12.1. The van der Waals surface area contributed by atoms with Gasteiger partial charge in [0.15, 0.2) is 0 Å². The minimum absolute atomic E-state index is 0.148. The molecule has 0 fully saturated rings. The number of amides is 2. The first-order chi connectivity index (χ1) is 13.0. The Morgan fingerprint density at radius 3 is 2.26 bits per heavy atom. The molecule has 8 heteroatoms. The second-order valence-corrected chi connectivity index (χ2v) is 6.24. The molecule has 0 bridgehead atoms. The average Bonchev–Trinajstić information content (AvgIpc) is 3.16. The predicted molar refractivity (Wildman–Crippen MR) is 101 cm³/mol. The lowest BCUT2D eigenvalue weighted by Gasteiger charge is -2.06. The van der Waals surface area contributed by atoms with Crippen molar-refractivity contribution in [2.45, 2.75) is 6.92 Å². The molecule has 0 atom stereocenters. The largest absolute Gasteiger partial charge is 0.350 e. The molecule has 0 spiro atoms. The van der Waals surface area contributed by atoms with Crippen LogP contribution in [-0.2, 0) is 0 Å². The monoisotopic (exact) mass is 384 g/mol. The first-order valence-electron chi connectivity index (χ1n) is 8.25. The Labute approximate surface area is 160 Å². The van der Waals surface area contributed by atoms with Crippen LogP contribution in [0.25, 0.3) is 11.4 Å². The molecule has 0 aliphatic heterocycles. The maximum absolute atomic E-state index is 12.1. The molecule has 3 rings (SSSR count). The van der Waals surface area contributed by atoms with E-state index in [9.17, 15) is 9.59 Å². The molecule has 0 radical (unpaired) electrons. The second-order valence-electron chi connectivity index (χ2n) is 5.81. The van der Waals surface area contributed by atoms with Crippen LogP contribution in [0.1, 0.15) is 26.6 Å². The summed E-state index contributed by atoms with van der Waals surface area (Å²) in [5, 5.41) is 9.72. The van der Waals surface area contributed by atoms with E-state index < -0.39 is 5.91 Å². The minimum atomic E-state index is -0.507. The van der Waals surface area contributed by atoms with Crippen LogP contribution in [-0.4, -0.2) is 35.0 Å². The molecule has 0 aliphatic rings. The Kier molecular flexibility index (Phi) is 5.83. The molecule has 2 N–H and O–H groups in total. The molecule has 27 heavy (non-hydrogen) atoms. The van der Waals surface area contributed by atoms with Gasteiger partial charge in [0.2, 0.25) is 5.82 Å². The normalized spacial score (nSPS) is 10.4. The summed E-state index contributed by atoms with van der Waals surface area (Å²) in [6.07, 6.45) is 0. The number of rotatable bonds is 6. The zero-order chi connectivity index (χ0) is 19.2. The summed E-state index contributed by atoms with van der Waals surface area (Å²) in [6, 6.07) is 14.1. The Morgan fingerprint density at radius 1 is 0.963 bits per heavy atom. The lowest BCUT2D eigenvalue weighted by atomic mass is 10.1. The van der Waals surface area contributed by atoms with Crippen molar-refractivity contribution in [2.24, 2.45) is 0 Å². The third-order valence-electron chi connectivity index (χ3n) is 3.73. The number of hydrogen-bond donors (Lipinski definition) is 2. The average molecular weight is 385 g/mol. The van der Waals surface area contributed by atoms with E-state index in [0.29, 0.717) is 22.0 Å². The molecule has 0 saturated heterocycles. The summed E-state index contributed by atoms with van der Waals surface area (Å²) >= 11 is 5.84. The third kappa shape index (κ3) is 4.92. The number of nitrogens with zero attached hydrogens (tertiary/aromatic N) is 2. The van der Waals surface area contributed by atoms with Crippen LogP contribution in [0.4, 0.5) is 0 Å². The molecular weight excluding hydrogens is 368 g/mol. The highest BCUT2D eigenvalue weighted by Gasteiger charge is 2.15. The Balaban J connectivity index is 1.47. The predicted octanol–water partition coefficient (Wildman–Crippen LogP) is 2.86. The molecule has 0 unspecified atom stereocenters. The topological polar surface area (TPSA) is 97.1 Å². The van der Waals surface area contributed by atoms with E-state index >= 15 is 0 Å². The first-order valence-corrected chi connectivity index (χ1v) is 8.63. The fraction of sp³-hybridized carbons (Fsp3) is 0.158. The van der Waals surface area contributed by atoms with Gasteiger partial charge in [-0.25, -0.2) is 0 Å². The number of halogens is 1. The Hall–Kier alpha value is -3.19. The van der Waals surface area contributed by atoms with Crippen LogP contribution in [0.15, 0.2) is 53.1 Å². The number of aromatic nitrogens is 2. The van der Waals surface area contributed by atoms with E-state index in [1.54, 1.807) is 36.4 Å². The van der Waals surface area contributed by atoms with Gasteiger partial charge in [0.1, 0.15) is 0 Å². The van der Waals surface area contributed by atoms with Crippen molar-refractivity contribution in [2.75, 3.05) is 13.1 Å². The summed E-state index contributed by atoms with van der Waals surface area (Å²) in [4.78, 5) is 28.1. The van der Waals surface area contributed by atoms with Crippen molar-refractivity contribution < 1.29 is 14.1 Å². The van der Waals surface area contributed by atoms with E-state index in [0.717, 1.165) is 5.56 Å². The fourth-order valence-corrected chi connectivity index (χ4v) is 2.39. The van der Waals surface area contributed by atoms with Gasteiger partial charge < -0.3 is 15.2 Å². The quantitative estimate of drug-likeness (QED) is 0.637. The van der Waals surface area contributed by atoms with Gasteiger partial charge in [0.05, 0.1) is 0 Å². The van der Waals surface area contributed by atoms with Crippen LogP contribution in [0.3, 0.4) is 0 Å². The van der Waals surface area contributed by atoms with Crippen LogP contribution >= 0.6 is 11.6 Å². The summed E-state index contributed by atoms with van der Waals surface area (Å²) < 4.78 is 4.98. The highest BCUT2D eigenvalue weighted by Crippen LogP contribution is 2.18. The summed E-state index contributed by atoms with van der Waals surface area (Å²) in [6.45, 7) is 2.46. The summed E-state index contributed by atoms with van der Waals surface area (Å²) in [5.41, 5.74) is 2.33. The Morgan fingerprint density at radius 2 is 1.59 bits per heavy atom. The lowest BCUT2D eigenvalue weighted by Crippen LogP contribution is -2.34. The summed E-state index contributed by atoms with van der Waals surface area (Å²) in [7, 11) is 0. The molecule has 1 aromatic heterocycles. The summed E-state index contributed by atoms with van der Waals surface area (Å²) in [5.74, 6) is -0.561. The molecule has 2 amide bonds. The number of benzene rings is 2. The van der Waals surface area contributed by atoms with Gasteiger partial charge >= 0.3 is 11.8 Å². The van der Waals surface area contributed by atoms with E-state index in [1.165, 1.54) is 0 Å². The minimum Gasteiger partial charge on any atom is -0.350 e. The van der Waals surface area contributed by atoms with Gasteiger partial charge in [-0.3, -0.25) is 9.59 Å². The number of hydrogen-bond acceptors (Lipinski definition) is 5.